The third-order valence-corrected chi connectivity index (χ3v) is 4.50. The van der Waals surface area contributed by atoms with Crippen LogP contribution in [0.15, 0.2) is 10.7 Å². The van der Waals surface area contributed by atoms with E-state index in [1.165, 1.54) is 0 Å². The van der Waals surface area contributed by atoms with Gasteiger partial charge in [0, 0.05) is 32.1 Å². The molecular formula is C16H22N8O. The van der Waals surface area contributed by atoms with Crippen molar-refractivity contribution in [1.29, 1.82) is 0 Å². The summed E-state index contributed by atoms with van der Waals surface area (Å²) in [4.78, 5) is 18.2. The summed E-state index contributed by atoms with van der Waals surface area (Å²) in [6, 6.07) is 0. The molecule has 1 aliphatic rings. The highest BCUT2D eigenvalue weighted by molar-refractivity contribution is 5.77. The number of rotatable bonds is 4. The summed E-state index contributed by atoms with van der Waals surface area (Å²) in [6.07, 6.45) is 1.77. The predicted octanol–water partition coefficient (Wildman–Crippen LogP) is 1.49. The second-order valence-electron chi connectivity index (χ2n) is 6.71. The van der Waals surface area contributed by atoms with Crippen LogP contribution in [0.2, 0.25) is 0 Å². The molecule has 9 heteroatoms. The number of nitrogens with zero attached hydrogens (tertiary/aromatic N) is 7. The fourth-order valence-corrected chi connectivity index (χ4v) is 2.97. The van der Waals surface area contributed by atoms with Gasteiger partial charge in [0.25, 0.3) is 0 Å². The molecule has 1 N–H and O–H groups in total. The normalized spacial score (nSPS) is 16.2. The Labute approximate surface area is 145 Å². The van der Waals surface area contributed by atoms with Crippen molar-refractivity contribution in [3.05, 3.63) is 23.6 Å². The van der Waals surface area contributed by atoms with Gasteiger partial charge in [0.15, 0.2) is 11.5 Å². The molecule has 25 heavy (non-hydrogen) atoms. The van der Waals surface area contributed by atoms with E-state index in [9.17, 15) is 0 Å². The van der Waals surface area contributed by atoms with Crippen molar-refractivity contribution < 1.29 is 4.52 Å². The van der Waals surface area contributed by atoms with Gasteiger partial charge >= 0.3 is 0 Å². The number of anilines is 1. The average molecular weight is 342 g/mol. The fourth-order valence-electron chi connectivity index (χ4n) is 2.97. The Morgan fingerprint density at radius 2 is 1.96 bits per heavy atom. The molecule has 1 saturated heterocycles. The first-order valence-electron chi connectivity index (χ1n) is 8.57. The van der Waals surface area contributed by atoms with Gasteiger partial charge in [-0.2, -0.15) is 15.1 Å². The van der Waals surface area contributed by atoms with Crippen molar-refractivity contribution in [2.75, 3.05) is 31.1 Å². The fraction of sp³-hybridized carbons (Fsp3) is 0.562. The summed E-state index contributed by atoms with van der Waals surface area (Å²) in [6.45, 7) is 10.3. The minimum absolute atomic E-state index is 0.284. The Morgan fingerprint density at radius 1 is 1.16 bits per heavy atom. The number of hydrogen-bond acceptors (Lipinski definition) is 8. The third kappa shape index (κ3) is 3.19. The molecule has 0 aromatic carbocycles. The van der Waals surface area contributed by atoms with E-state index in [1.54, 1.807) is 6.20 Å². The lowest BCUT2D eigenvalue weighted by Crippen LogP contribution is -2.46. The summed E-state index contributed by atoms with van der Waals surface area (Å²) < 4.78 is 5.34. The van der Waals surface area contributed by atoms with Gasteiger partial charge in [-0.05, 0) is 6.92 Å². The van der Waals surface area contributed by atoms with Crippen molar-refractivity contribution in [2.45, 2.75) is 33.2 Å². The number of nitrogens with one attached hydrogen (secondary N) is 1. The first-order chi connectivity index (χ1) is 12.1. The molecule has 9 nitrogen and oxygen atoms in total. The second kappa shape index (κ2) is 6.40. The molecule has 0 saturated carbocycles. The molecule has 0 bridgehead atoms. The molecular weight excluding hydrogens is 320 g/mol. The second-order valence-corrected chi connectivity index (χ2v) is 6.71. The highest BCUT2D eigenvalue weighted by Gasteiger charge is 2.22. The Kier molecular flexibility index (Phi) is 4.08. The van der Waals surface area contributed by atoms with E-state index in [2.05, 4.69) is 54.0 Å². The Hall–Kier alpha value is -2.55. The van der Waals surface area contributed by atoms with Crippen LogP contribution < -0.4 is 4.90 Å². The first kappa shape index (κ1) is 15.9. The van der Waals surface area contributed by atoms with Crippen LogP contribution in [-0.2, 0) is 6.54 Å². The molecule has 1 aliphatic heterocycles. The van der Waals surface area contributed by atoms with Crippen LogP contribution in [0, 0.1) is 6.92 Å². The molecule has 0 spiro atoms. The van der Waals surface area contributed by atoms with E-state index in [0.717, 1.165) is 54.7 Å². The number of piperazine rings is 1. The molecule has 4 rings (SSSR count). The van der Waals surface area contributed by atoms with Crippen LogP contribution in [0.4, 0.5) is 5.95 Å². The molecule has 3 aromatic rings. The van der Waals surface area contributed by atoms with E-state index in [4.69, 9.17) is 4.52 Å². The minimum atomic E-state index is 0.284. The van der Waals surface area contributed by atoms with Gasteiger partial charge in [-0.1, -0.05) is 19.0 Å². The van der Waals surface area contributed by atoms with Gasteiger partial charge < -0.3 is 9.42 Å². The smallest absolute Gasteiger partial charge is 0.240 e. The third-order valence-electron chi connectivity index (χ3n) is 4.50. The van der Waals surface area contributed by atoms with Crippen molar-refractivity contribution >= 4 is 17.0 Å². The standard InChI is InChI=1S/C16H22N8O/c1-10(2)14-19-13(25-22-14)9-23-4-6-24(7-5-23)16-18-11(3)12-8-17-21-15(12)20-16/h8,10H,4-7,9H2,1-3H3,(H,17,18,20,21). The SMILES string of the molecule is Cc1nc(N2CCN(Cc3nc(C(C)C)no3)CC2)nc2[nH]ncc12. The lowest BCUT2D eigenvalue weighted by Gasteiger charge is -2.33. The Morgan fingerprint density at radius 3 is 2.68 bits per heavy atom. The zero-order chi connectivity index (χ0) is 17.4. The maximum Gasteiger partial charge on any atom is 0.240 e. The molecule has 0 radical (unpaired) electrons. The van der Waals surface area contributed by atoms with Gasteiger partial charge in [0.2, 0.25) is 11.8 Å². The van der Waals surface area contributed by atoms with Crippen molar-refractivity contribution in [1.82, 2.24) is 35.2 Å². The number of aryl methyl sites for hydroxylation is 1. The van der Waals surface area contributed by atoms with Crippen molar-refractivity contribution in [2.24, 2.45) is 0 Å². The quantitative estimate of drug-likeness (QED) is 0.761. The van der Waals surface area contributed by atoms with E-state index >= 15 is 0 Å². The van der Waals surface area contributed by atoms with E-state index in [0.29, 0.717) is 12.4 Å². The maximum absolute atomic E-state index is 5.34. The van der Waals surface area contributed by atoms with E-state index in [1.807, 2.05) is 6.92 Å². The average Bonchev–Trinajstić information content (AvgIpc) is 3.25. The molecule has 3 aromatic heterocycles. The maximum atomic E-state index is 5.34. The number of fused-ring (bicyclic) bond motifs is 1. The van der Waals surface area contributed by atoms with E-state index < -0.39 is 0 Å². The molecule has 0 amide bonds. The Balaban J connectivity index is 1.40. The number of aromatic amines is 1. The predicted molar refractivity (Wildman–Crippen MR) is 92.3 cm³/mol. The lowest BCUT2D eigenvalue weighted by molar-refractivity contribution is 0.214. The lowest BCUT2D eigenvalue weighted by atomic mass is 10.2. The topological polar surface area (TPSA) is 99.9 Å². The summed E-state index contributed by atoms with van der Waals surface area (Å²) >= 11 is 0. The monoisotopic (exact) mass is 342 g/mol. The zero-order valence-corrected chi connectivity index (χ0v) is 14.7. The zero-order valence-electron chi connectivity index (χ0n) is 14.7. The van der Waals surface area contributed by atoms with Crippen LogP contribution in [0.3, 0.4) is 0 Å². The van der Waals surface area contributed by atoms with Crippen LogP contribution in [0.5, 0.6) is 0 Å². The van der Waals surface area contributed by atoms with Gasteiger partial charge in [0.1, 0.15) is 0 Å². The highest BCUT2D eigenvalue weighted by Crippen LogP contribution is 2.19. The molecule has 0 unspecified atom stereocenters. The van der Waals surface area contributed by atoms with Gasteiger partial charge in [-0.15, -0.1) is 0 Å². The van der Waals surface area contributed by atoms with Crippen LogP contribution in [0.25, 0.3) is 11.0 Å². The van der Waals surface area contributed by atoms with Gasteiger partial charge in [-0.3, -0.25) is 10.00 Å². The summed E-state index contributed by atoms with van der Waals surface area (Å²) in [5, 5.41) is 12.0. The highest BCUT2D eigenvalue weighted by atomic mass is 16.5. The minimum Gasteiger partial charge on any atom is -0.338 e. The number of hydrogen-bond donors (Lipinski definition) is 1. The first-order valence-corrected chi connectivity index (χ1v) is 8.57. The molecule has 132 valence electrons. The van der Waals surface area contributed by atoms with Crippen LogP contribution in [0.1, 0.15) is 37.2 Å². The van der Waals surface area contributed by atoms with Crippen LogP contribution in [-0.4, -0.2) is 61.4 Å². The molecule has 0 aliphatic carbocycles. The number of aromatic nitrogens is 6. The summed E-state index contributed by atoms with van der Waals surface area (Å²) in [5.74, 6) is 2.49. The summed E-state index contributed by atoms with van der Waals surface area (Å²) in [7, 11) is 0. The van der Waals surface area contributed by atoms with Crippen molar-refractivity contribution in [3.8, 4) is 0 Å². The van der Waals surface area contributed by atoms with E-state index in [-0.39, 0.29) is 5.92 Å². The van der Waals surface area contributed by atoms with Crippen molar-refractivity contribution in [3.63, 3.8) is 0 Å². The number of H-pyrrole nitrogens is 1. The molecule has 4 heterocycles. The largest absolute Gasteiger partial charge is 0.338 e. The molecule has 0 atom stereocenters. The van der Waals surface area contributed by atoms with Gasteiger partial charge in [-0.25, -0.2) is 4.98 Å². The summed E-state index contributed by atoms with van der Waals surface area (Å²) in [5.41, 5.74) is 1.74. The molecule has 1 fully saturated rings. The Bertz CT molecular complexity index is 862. The van der Waals surface area contributed by atoms with Gasteiger partial charge in [0.05, 0.1) is 23.8 Å². The van der Waals surface area contributed by atoms with Crippen LogP contribution >= 0.6 is 0 Å².